The van der Waals surface area contributed by atoms with E-state index in [0.717, 1.165) is 27.4 Å². The molecule has 2 aromatic heterocycles. The standard InChI is InChI=1S/C22H18N4O2S/c27-22(20-13-19(24-25-20)21-10-5-11-29-21)26-23-14-17-8-4-9-18(12-17)28-15-16-6-2-1-3-7-16/h1-14H,15H2,(H,24,25)(H,26,27)/b23-14-. The maximum atomic E-state index is 12.2. The average molecular weight is 402 g/mol. The Balaban J connectivity index is 1.34. The van der Waals surface area contributed by atoms with Crippen LogP contribution in [0.4, 0.5) is 0 Å². The first-order valence-electron chi connectivity index (χ1n) is 8.97. The molecule has 1 amide bonds. The summed E-state index contributed by atoms with van der Waals surface area (Å²) in [6.45, 7) is 0.490. The molecular formula is C22H18N4O2S. The van der Waals surface area contributed by atoms with Crippen LogP contribution in [0.5, 0.6) is 5.75 Å². The number of carbonyl (C=O) groups excluding carboxylic acids is 1. The molecule has 0 aliphatic carbocycles. The molecule has 0 unspecified atom stereocenters. The molecule has 0 aliphatic heterocycles. The first-order valence-corrected chi connectivity index (χ1v) is 9.85. The zero-order valence-electron chi connectivity index (χ0n) is 15.4. The van der Waals surface area contributed by atoms with Crippen molar-refractivity contribution >= 4 is 23.5 Å². The summed E-state index contributed by atoms with van der Waals surface area (Å²) in [5, 5.41) is 12.9. The third kappa shape index (κ3) is 4.97. The lowest BCUT2D eigenvalue weighted by atomic mass is 10.2. The Morgan fingerprint density at radius 2 is 2.00 bits per heavy atom. The molecule has 4 aromatic rings. The Morgan fingerprint density at radius 1 is 1.10 bits per heavy atom. The van der Waals surface area contributed by atoms with Crippen molar-refractivity contribution in [2.24, 2.45) is 5.10 Å². The van der Waals surface area contributed by atoms with Crippen molar-refractivity contribution < 1.29 is 9.53 Å². The Hall–Kier alpha value is -3.71. The lowest BCUT2D eigenvalue weighted by Gasteiger charge is -2.06. The Kier molecular flexibility index (Phi) is 5.78. The lowest BCUT2D eigenvalue weighted by Crippen LogP contribution is -2.18. The van der Waals surface area contributed by atoms with Gasteiger partial charge in [-0.15, -0.1) is 11.3 Å². The fourth-order valence-electron chi connectivity index (χ4n) is 2.64. The van der Waals surface area contributed by atoms with Crippen molar-refractivity contribution in [1.82, 2.24) is 15.6 Å². The number of nitrogens with zero attached hydrogens (tertiary/aromatic N) is 2. The van der Waals surface area contributed by atoms with Crippen LogP contribution in [-0.2, 0) is 6.61 Å². The van der Waals surface area contributed by atoms with Crippen LogP contribution in [0.2, 0.25) is 0 Å². The molecule has 0 spiro atoms. The first-order chi connectivity index (χ1) is 14.3. The number of benzene rings is 2. The van der Waals surface area contributed by atoms with Crippen molar-refractivity contribution in [3.8, 4) is 16.3 Å². The summed E-state index contributed by atoms with van der Waals surface area (Å²) in [4.78, 5) is 13.2. The van der Waals surface area contributed by atoms with E-state index in [1.54, 1.807) is 23.6 Å². The van der Waals surface area contributed by atoms with E-state index in [1.807, 2.05) is 72.1 Å². The molecule has 2 N–H and O–H groups in total. The summed E-state index contributed by atoms with van der Waals surface area (Å²) < 4.78 is 5.81. The molecule has 29 heavy (non-hydrogen) atoms. The monoisotopic (exact) mass is 402 g/mol. The molecule has 7 heteroatoms. The zero-order chi connectivity index (χ0) is 19.9. The molecule has 0 bridgehead atoms. The van der Waals surface area contributed by atoms with E-state index in [2.05, 4.69) is 20.7 Å². The molecule has 2 heterocycles. The molecule has 6 nitrogen and oxygen atoms in total. The van der Waals surface area contributed by atoms with Crippen molar-refractivity contribution in [3.63, 3.8) is 0 Å². The summed E-state index contributed by atoms with van der Waals surface area (Å²) in [5.41, 5.74) is 5.49. The van der Waals surface area contributed by atoms with E-state index in [4.69, 9.17) is 4.74 Å². The van der Waals surface area contributed by atoms with E-state index in [9.17, 15) is 4.79 Å². The lowest BCUT2D eigenvalue weighted by molar-refractivity contribution is 0.0950. The van der Waals surface area contributed by atoms with Gasteiger partial charge >= 0.3 is 0 Å². The molecule has 144 valence electrons. The van der Waals surface area contributed by atoms with Gasteiger partial charge in [0, 0.05) is 0 Å². The van der Waals surface area contributed by atoms with Gasteiger partial charge in [0.25, 0.3) is 5.91 Å². The molecule has 0 radical (unpaired) electrons. The molecule has 0 aliphatic rings. The van der Waals surface area contributed by atoms with Crippen LogP contribution in [-0.4, -0.2) is 22.3 Å². The highest BCUT2D eigenvalue weighted by atomic mass is 32.1. The number of hydrazone groups is 1. The second-order valence-corrected chi connectivity index (χ2v) is 7.14. The number of hydrogen-bond acceptors (Lipinski definition) is 5. The topological polar surface area (TPSA) is 79.4 Å². The van der Waals surface area contributed by atoms with Crippen LogP contribution in [0.3, 0.4) is 0 Å². The van der Waals surface area contributed by atoms with Crippen LogP contribution < -0.4 is 10.2 Å². The van der Waals surface area contributed by atoms with Crippen LogP contribution in [0.15, 0.2) is 83.3 Å². The van der Waals surface area contributed by atoms with Gasteiger partial charge in [-0.1, -0.05) is 48.5 Å². The quantitative estimate of drug-likeness (QED) is 0.353. The molecule has 4 rings (SSSR count). The number of amides is 1. The highest BCUT2D eigenvalue weighted by molar-refractivity contribution is 7.13. The molecule has 0 fully saturated rings. The number of ether oxygens (including phenoxy) is 1. The van der Waals surface area contributed by atoms with Crippen LogP contribution >= 0.6 is 11.3 Å². The predicted octanol–water partition coefficient (Wildman–Crippen LogP) is 4.48. The van der Waals surface area contributed by atoms with Gasteiger partial charge in [-0.25, -0.2) is 5.43 Å². The van der Waals surface area contributed by atoms with Crippen molar-refractivity contribution in [3.05, 3.63) is 95.0 Å². The van der Waals surface area contributed by atoms with Gasteiger partial charge in [0.2, 0.25) is 0 Å². The molecular weight excluding hydrogens is 384 g/mol. The second kappa shape index (κ2) is 8.99. The minimum atomic E-state index is -0.378. The van der Waals surface area contributed by atoms with Gasteiger partial charge in [-0.3, -0.25) is 9.89 Å². The van der Waals surface area contributed by atoms with Gasteiger partial charge in [0.05, 0.1) is 16.8 Å². The SMILES string of the molecule is O=C(N/N=C\c1cccc(OCc2ccccc2)c1)c1cc(-c2cccs2)[nH]n1. The number of hydrogen-bond donors (Lipinski definition) is 2. The minimum absolute atomic E-state index is 0.283. The summed E-state index contributed by atoms with van der Waals surface area (Å²) in [6.07, 6.45) is 1.57. The molecule has 0 atom stereocenters. The maximum absolute atomic E-state index is 12.2. The fourth-order valence-corrected chi connectivity index (χ4v) is 3.34. The summed E-state index contributed by atoms with van der Waals surface area (Å²) in [6, 6.07) is 23.1. The summed E-state index contributed by atoms with van der Waals surface area (Å²) in [7, 11) is 0. The van der Waals surface area contributed by atoms with Crippen molar-refractivity contribution in [1.29, 1.82) is 0 Å². The van der Waals surface area contributed by atoms with E-state index >= 15 is 0 Å². The third-order valence-corrected chi connectivity index (χ3v) is 4.99. The van der Waals surface area contributed by atoms with Crippen molar-refractivity contribution in [2.45, 2.75) is 6.61 Å². The maximum Gasteiger partial charge on any atom is 0.291 e. The second-order valence-electron chi connectivity index (χ2n) is 6.19. The van der Waals surface area contributed by atoms with Crippen LogP contribution in [0.1, 0.15) is 21.6 Å². The molecule has 0 saturated heterocycles. The van der Waals surface area contributed by atoms with Crippen molar-refractivity contribution in [2.75, 3.05) is 0 Å². The van der Waals surface area contributed by atoms with Crippen LogP contribution in [0, 0.1) is 0 Å². The van der Waals surface area contributed by atoms with Gasteiger partial charge in [0.15, 0.2) is 5.69 Å². The van der Waals surface area contributed by atoms with Gasteiger partial charge in [0.1, 0.15) is 12.4 Å². The number of carbonyl (C=O) groups is 1. The summed E-state index contributed by atoms with van der Waals surface area (Å²) >= 11 is 1.58. The Labute approximate surface area is 171 Å². The van der Waals surface area contributed by atoms with Crippen LogP contribution in [0.25, 0.3) is 10.6 Å². The minimum Gasteiger partial charge on any atom is -0.489 e. The molecule has 0 saturated carbocycles. The largest absolute Gasteiger partial charge is 0.489 e. The highest BCUT2D eigenvalue weighted by Crippen LogP contribution is 2.22. The average Bonchev–Trinajstić information content (AvgIpc) is 3.45. The smallest absolute Gasteiger partial charge is 0.291 e. The zero-order valence-corrected chi connectivity index (χ0v) is 16.2. The summed E-state index contributed by atoms with van der Waals surface area (Å²) in [5.74, 6) is 0.355. The fraction of sp³-hybridized carbons (Fsp3) is 0.0455. The Morgan fingerprint density at radius 3 is 2.83 bits per heavy atom. The highest BCUT2D eigenvalue weighted by Gasteiger charge is 2.11. The molecule has 2 aromatic carbocycles. The number of H-pyrrole nitrogens is 1. The van der Waals surface area contributed by atoms with E-state index in [-0.39, 0.29) is 11.6 Å². The number of rotatable bonds is 7. The van der Waals surface area contributed by atoms with E-state index in [0.29, 0.717) is 6.61 Å². The van der Waals surface area contributed by atoms with Gasteiger partial charge in [-0.05, 0) is 40.8 Å². The van der Waals surface area contributed by atoms with Gasteiger partial charge in [-0.2, -0.15) is 10.2 Å². The normalized spacial score (nSPS) is 10.9. The predicted molar refractivity (Wildman–Crippen MR) is 114 cm³/mol. The Bertz CT molecular complexity index is 1100. The van der Waals surface area contributed by atoms with Gasteiger partial charge < -0.3 is 4.74 Å². The first kappa shape index (κ1) is 18.6. The number of aromatic amines is 1. The van der Waals surface area contributed by atoms with E-state index < -0.39 is 0 Å². The number of thiophene rings is 1. The number of aromatic nitrogens is 2. The third-order valence-electron chi connectivity index (χ3n) is 4.08. The number of nitrogens with one attached hydrogen (secondary N) is 2. The van der Waals surface area contributed by atoms with E-state index in [1.165, 1.54) is 0 Å².